The molecule has 0 aliphatic rings. The highest BCUT2D eigenvalue weighted by Crippen LogP contribution is 2.32. The first-order chi connectivity index (χ1) is 20.1. The van der Waals surface area contributed by atoms with Crippen molar-refractivity contribution in [1.82, 2.24) is 9.97 Å². The maximum absolute atomic E-state index is 13.5. The molecule has 0 fully saturated rings. The lowest BCUT2D eigenvalue weighted by Gasteiger charge is -2.18. The molecule has 0 radical (unpaired) electrons. The van der Waals surface area contributed by atoms with Crippen molar-refractivity contribution < 1.29 is 14.3 Å². The van der Waals surface area contributed by atoms with Gasteiger partial charge in [0, 0.05) is 27.3 Å². The highest BCUT2D eigenvalue weighted by atomic mass is 35.5. The number of rotatable bonds is 7. The number of ether oxygens (including phenoxy) is 1. The predicted octanol–water partition coefficient (Wildman–Crippen LogP) is 8.40. The fourth-order valence-electron chi connectivity index (χ4n) is 4.62. The van der Waals surface area contributed by atoms with Crippen LogP contribution in [0.4, 0.5) is 0 Å². The molecule has 5 nitrogen and oxygen atoms in total. The van der Waals surface area contributed by atoms with Gasteiger partial charge in [0.1, 0.15) is 0 Å². The second kappa shape index (κ2) is 11.5. The second-order valence-corrected chi connectivity index (χ2v) is 9.86. The first kappa shape index (κ1) is 26.1. The summed E-state index contributed by atoms with van der Waals surface area (Å²) in [5, 5.41) is 0.517. The Hall–Kier alpha value is -5.13. The fraction of sp³-hybridized carbons (Fsp3) is 0.0286. The molecular weight excluding hydrogens is 532 g/mol. The van der Waals surface area contributed by atoms with E-state index in [1.807, 2.05) is 66.7 Å². The summed E-state index contributed by atoms with van der Waals surface area (Å²) in [6, 6.07) is 40.2. The molecule has 0 unspecified atom stereocenters. The normalized spacial score (nSPS) is 11.6. The molecule has 0 saturated heterocycles. The Bertz CT molecular complexity index is 1840. The zero-order chi connectivity index (χ0) is 28.2. The lowest BCUT2D eigenvalue weighted by molar-refractivity contribution is 0.0280. The molecule has 198 valence electrons. The van der Waals surface area contributed by atoms with E-state index in [1.54, 1.807) is 66.7 Å². The first-order valence-electron chi connectivity index (χ1n) is 13.1. The highest BCUT2D eigenvalue weighted by molar-refractivity contribution is 6.30. The third-order valence-electron chi connectivity index (χ3n) is 6.69. The van der Waals surface area contributed by atoms with E-state index in [0.29, 0.717) is 32.9 Å². The van der Waals surface area contributed by atoms with Gasteiger partial charge in [0.2, 0.25) is 5.78 Å². The van der Waals surface area contributed by atoms with Crippen LogP contribution in [0, 0.1) is 0 Å². The van der Waals surface area contributed by atoms with E-state index in [1.165, 1.54) is 0 Å². The minimum absolute atomic E-state index is 0.262. The Morgan fingerprint density at radius 1 is 0.585 bits per heavy atom. The van der Waals surface area contributed by atoms with Crippen LogP contribution in [0.15, 0.2) is 133 Å². The summed E-state index contributed by atoms with van der Waals surface area (Å²) in [4.78, 5) is 36.8. The van der Waals surface area contributed by atoms with Gasteiger partial charge in [-0.05, 0) is 30.3 Å². The van der Waals surface area contributed by atoms with E-state index in [0.717, 1.165) is 16.8 Å². The SMILES string of the molecule is O=C(O[C@H](C(=O)c1ccccc1)c1ccc(Cl)cc1)c1ccc2nc(-c3ccccc3)c(-c3ccccc3)nc2c1. The summed E-state index contributed by atoms with van der Waals surface area (Å²) in [5.74, 6) is -0.980. The van der Waals surface area contributed by atoms with Crippen LogP contribution in [0.1, 0.15) is 32.4 Å². The number of halogens is 1. The average molecular weight is 555 g/mol. The molecule has 41 heavy (non-hydrogen) atoms. The molecule has 0 saturated carbocycles. The maximum Gasteiger partial charge on any atom is 0.339 e. The van der Waals surface area contributed by atoms with E-state index in [4.69, 9.17) is 26.3 Å². The average Bonchev–Trinajstić information content (AvgIpc) is 3.04. The van der Waals surface area contributed by atoms with Gasteiger partial charge in [-0.2, -0.15) is 0 Å². The van der Waals surface area contributed by atoms with Crippen molar-refractivity contribution in [2.45, 2.75) is 6.10 Å². The number of nitrogens with zero attached hydrogens (tertiary/aromatic N) is 2. The number of hydrogen-bond donors (Lipinski definition) is 0. The zero-order valence-electron chi connectivity index (χ0n) is 21.8. The molecular formula is C35H23ClN2O3. The molecule has 1 atom stereocenters. The number of benzene rings is 5. The molecule has 0 aliphatic carbocycles. The number of fused-ring (bicyclic) bond motifs is 1. The topological polar surface area (TPSA) is 69.2 Å². The Kier molecular flexibility index (Phi) is 7.35. The molecule has 6 heteroatoms. The lowest BCUT2D eigenvalue weighted by Crippen LogP contribution is -2.20. The van der Waals surface area contributed by atoms with Crippen LogP contribution in [0.25, 0.3) is 33.5 Å². The Morgan fingerprint density at radius 2 is 1.12 bits per heavy atom. The van der Waals surface area contributed by atoms with E-state index in [9.17, 15) is 9.59 Å². The van der Waals surface area contributed by atoms with Crippen LogP contribution in [-0.2, 0) is 4.74 Å². The number of carbonyl (C=O) groups is 2. The van der Waals surface area contributed by atoms with Crippen molar-refractivity contribution in [3.05, 3.63) is 155 Å². The minimum atomic E-state index is -1.15. The molecule has 0 N–H and O–H groups in total. The summed E-state index contributed by atoms with van der Waals surface area (Å²) in [6.45, 7) is 0. The molecule has 6 aromatic rings. The minimum Gasteiger partial charge on any atom is -0.445 e. The maximum atomic E-state index is 13.5. The van der Waals surface area contributed by atoms with Gasteiger partial charge in [0.05, 0.1) is 28.0 Å². The predicted molar refractivity (Wildman–Crippen MR) is 161 cm³/mol. The summed E-state index contributed by atoms with van der Waals surface area (Å²) in [5.41, 5.74) is 5.69. The van der Waals surface area contributed by atoms with Crippen molar-refractivity contribution in [2.75, 3.05) is 0 Å². The molecule has 0 amide bonds. The summed E-state index contributed by atoms with van der Waals surface area (Å²) in [6.07, 6.45) is -1.15. The van der Waals surface area contributed by atoms with Crippen LogP contribution in [0.5, 0.6) is 0 Å². The van der Waals surface area contributed by atoms with Crippen LogP contribution in [-0.4, -0.2) is 21.7 Å². The Balaban J connectivity index is 1.39. The molecule has 0 bridgehead atoms. The molecule has 6 rings (SSSR count). The summed E-state index contributed by atoms with van der Waals surface area (Å²) in [7, 11) is 0. The number of carbonyl (C=O) groups excluding carboxylic acids is 2. The number of aromatic nitrogens is 2. The summed E-state index contributed by atoms with van der Waals surface area (Å²) < 4.78 is 5.86. The fourth-order valence-corrected chi connectivity index (χ4v) is 4.74. The molecule has 5 aromatic carbocycles. The standard InChI is InChI=1S/C35H23ClN2O3/c36-28-19-16-26(17-20-28)34(33(39)25-14-8-3-9-15-25)41-35(40)27-18-21-29-30(22-27)38-32(24-12-6-2-7-13-24)31(37-29)23-10-4-1-5-11-23/h1-22,34H/t34-/m0/s1. The third kappa shape index (κ3) is 5.62. The van der Waals surface area contributed by atoms with Crippen molar-refractivity contribution in [3.63, 3.8) is 0 Å². The summed E-state index contributed by atoms with van der Waals surface area (Å²) >= 11 is 6.07. The Morgan fingerprint density at radius 3 is 1.71 bits per heavy atom. The van der Waals surface area contributed by atoms with Gasteiger partial charge in [-0.1, -0.05) is 115 Å². The van der Waals surface area contributed by atoms with Crippen molar-refractivity contribution in [3.8, 4) is 22.5 Å². The number of ketones is 1. The van der Waals surface area contributed by atoms with Gasteiger partial charge in [-0.3, -0.25) is 4.79 Å². The Labute approximate surface area is 242 Å². The van der Waals surface area contributed by atoms with E-state index in [-0.39, 0.29) is 11.3 Å². The highest BCUT2D eigenvalue weighted by Gasteiger charge is 2.27. The quantitative estimate of drug-likeness (QED) is 0.146. The van der Waals surface area contributed by atoms with Crippen LogP contribution in [0.3, 0.4) is 0 Å². The van der Waals surface area contributed by atoms with Gasteiger partial charge in [-0.25, -0.2) is 14.8 Å². The number of esters is 1. The van der Waals surface area contributed by atoms with E-state index < -0.39 is 12.1 Å². The second-order valence-electron chi connectivity index (χ2n) is 9.42. The van der Waals surface area contributed by atoms with Crippen LogP contribution in [0.2, 0.25) is 5.02 Å². The number of Topliss-reactive ketones (excluding diaryl/α,β-unsaturated/α-hetero) is 1. The molecule has 1 aromatic heterocycles. The lowest BCUT2D eigenvalue weighted by atomic mass is 9.99. The van der Waals surface area contributed by atoms with E-state index >= 15 is 0 Å². The van der Waals surface area contributed by atoms with E-state index in [2.05, 4.69) is 0 Å². The van der Waals surface area contributed by atoms with Crippen molar-refractivity contribution in [2.24, 2.45) is 0 Å². The van der Waals surface area contributed by atoms with Crippen molar-refractivity contribution >= 4 is 34.4 Å². The largest absolute Gasteiger partial charge is 0.445 e. The monoisotopic (exact) mass is 554 g/mol. The van der Waals surface area contributed by atoms with Gasteiger partial charge in [-0.15, -0.1) is 0 Å². The first-order valence-corrected chi connectivity index (χ1v) is 13.4. The van der Waals surface area contributed by atoms with Gasteiger partial charge in [0.15, 0.2) is 6.10 Å². The van der Waals surface area contributed by atoms with Gasteiger partial charge >= 0.3 is 5.97 Å². The van der Waals surface area contributed by atoms with Gasteiger partial charge in [0.25, 0.3) is 0 Å². The molecule has 0 aliphatic heterocycles. The van der Waals surface area contributed by atoms with Crippen molar-refractivity contribution in [1.29, 1.82) is 0 Å². The van der Waals surface area contributed by atoms with Crippen LogP contribution < -0.4 is 0 Å². The van der Waals surface area contributed by atoms with Gasteiger partial charge < -0.3 is 4.74 Å². The molecule has 0 spiro atoms. The van der Waals surface area contributed by atoms with Crippen LogP contribution >= 0.6 is 11.6 Å². The smallest absolute Gasteiger partial charge is 0.339 e. The zero-order valence-corrected chi connectivity index (χ0v) is 22.5. The third-order valence-corrected chi connectivity index (χ3v) is 6.94. The molecule has 1 heterocycles. The number of hydrogen-bond acceptors (Lipinski definition) is 5.